The fourth-order valence-corrected chi connectivity index (χ4v) is 4.73. The number of hydrogen-bond acceptors (Lipinski definition) is 4. The van der Waals surface area contributed by atoms with E-state index in [0.29, 0.717) is 12.3 Å². The van der Waals surface area contributed by atoms with Gasteiger partial charge in [0.25, 0.3) is 0 Å². The van der Waals surface area contributed by atoms with E-state index in [9.17, 15) is 4.79 Å². The van der Waals surface area contributed by atoms with Gasteiger partial charge in [0.2, 0.25) is 5.91 Å². The monoisotopic (exact) mass is 382 g/mol. The summed E-state index contributed by atoms with van der Waals surface area (Å²) in [6.07, 6.45) is 2.94. The minimum atomic E-state index is 0.284. The van der Waals surface area contributed by atoms with E-state index < -0.39 is 0 Å². The predicted molar refractivity (Wildman–Crippen MR) is 103 cm³/mol. The Bertz CT molecular complexity index is 566. The smallest absolute Gasteiger partial charge is 0.223 e. The van der Waals surface area contributed by atoms with Crippen molar-refractivity contribution in [1.82, 2.24) is 9.80 Å². The molecule has 25 heavy (non-hydrogen) atoms. The third-order valence-corrected chi connectivity index (χ3v) is 6.42. The van der Waals surface area contributed by atoms with Crippen molar-refractivity contribution in [3.8, 4) is 0 Å². The summed E-state index contributed by atoms with van der Waals surface area (Å²) in [6.45, 7) is 6.66. The maximum absolute atomic E-state index is 12.6. The second kappa shape index (κ2) is 9.81. The highest BCUT2D eigenvalue weighted by molar-refractivity contribution is 7.99. The zero-order valence-corrected chi connectivity index (χ0v) is 16.2. The lowest BCUT2D eigenvalue weighted by Crippen LogP contribution is -2.46. The van der Waals surface area contributed by atoms with Gasteiger partial charge in [-0.25, -0.2) is 0 Å². The highest BCUT2D eigenvalue weighted by atomic mass is 35.5. The molecule has 1 unspecified atom stereocenters. The Morgan fingerprint density at radius 1 is 1.24 bits per heavy atom. The molecule has 2 aliphatic heterocycles. The van der Waals surface area contributed by atoms with Crippen molar-refractivity contribution < 1.29 is 9.53 Å². The molecule has 1 aromatic carbocycles. The third-order valence-electron chi connectivity index (χ3n) is 4.90. The lowest BCUT2D eigenvalue weighted by molar-refractivity contribution is -0.132. The standard InChI is InChI=1S/C19H27ClN2O2S/c20-17-5-1-2-6-18(17)25-13-7-19(23)22-8-3-4-16(15-22)14-21-9-11-24-12-10-21/h1-2,5-6,16H,3-4,7-15H2. The number of rotatable bonds is 6. The molecule has 4 nitrogen and oxygen atoms in total. The van der Waals surface area contributed by atoms with Crippen LogP contribution in [0.1, 0.15) is 19.3 Å². The molecular weight excluding hydrogens is 356 g/mol. The predicted octanol–water partition coefficient (Wildman–Crippen LogP) is 3.39. The van der Waals surface area contributed by atoms with Crippen LogP contribution >= 0.6 is 23.4 Å². The normalized spacial score (nSPS) is 22.1. The van der Waals surface area contributed by atoms with Crippen molar-refractivity contribution >= 4 is 29.3 Å². The van der Waals surface area contributed by atoms with E-state index in [1.807, 2.05) is 24.3 Å². The number of piperidine rings is 1. The lowest BCUT2D eigenvalue weighted by Gasteiger charge is -2.36. The molecule has 0 spiro atoms. The fraction of sp³-hybridized carbons (Fsp3) is 0.632. The molecule has 0 aromatic heterocycles. The van der Waals surface area contributed by atoms with E-state index in [0.717, 1.165) is 68.0 Å². The highest BCUT2D eigenvalue weighted by Crippen LogP contribution is 2.27. The first kappa shape index (κ1) is 19.0. The van der Waals surface area contributed by atoms with Crippen LogP contribution in [0.5, 0.6) is 0 Å². The van der Waals surface area contributed by atoms with Crippen LogP contribution in [-0.2, 0) is 9.53 Å². The summed E-state index contributed by atoms with van der Waals surface area (Å²) in [4.78, 5) is 18.2. The molecule has 0 bridgehead atoms. The van der Waals surface area contributed by atoms with Crippen LogP contribution in [0.15, 0.2) is 29.2 Å². The number of benzene rings is 1. The maximum Gasteiger partial charge on any atom is 0.223 e. The number of halogens is 1. The molecule has 2 fully saturated rings. The summed E-state index contributed by atoms with van der Waals surface area (Å²) in [5.41, 5.74) is 0. The van der Waals surface area contributed by atoms with E-state index in [-0.39, 0.29) is 5.91 Å². The van der Waals surface area contributed by atoms with Gasteiger partial charge in [-0.1, -0.05) is 23.7 Å². The number of carbonyl (C=O) groups is 1. The summed E-state index contributed by atoms with van der Waals surface area (Å²) >= 11 is 7.84. The Balaban J connectivity index is 1.41. The van der Waals surface area contributed by atoms with Crippen molar-refractivity contribution in [2.75, 3.05) is 51.7 Å². The quantitative estimate of drug-likeness (QED) is 0.706. The van der Waals surface area contributed by atoms with Crippen LogP contribution in [-0.4, -0.2) is 67.4 Å². The topological polar surface area (TPSA) is 32.8 Å². The van der Waals surface area contributed by atoms with Crippen molar-refractivity contribution in [1.29, 1.82) is 0 Å². The molecule has 0 radical (unpaired) electrons. The zero-order valence-electron chi connectivity index (χ0n) is 14.7. The average Bonchev–Trinajstić information content (AvgIpc) is 2.64. The number of amides is 1. The Hall–Kier alpha value is -0.750. The molecule has 6 heteroatoms. The molecule has 2 aliphatic rings. The van der Waals surface area contributed by atoms with Gasteiger partial charge in [0.15, 0.2) is 0 Å². The molecule has 0 aliphatic carbocycles. The number of carbonyl (C=O) groups excluding carboxylic acids is 1. The Morgan fingerprint density at radius 3 is 2.84 bits per heavy atom. The van der Waals surface area contributed by atoms with Crippen LogP contribution in [0.3, 0.4) is 0 Å². The van der Waals surface area contributed by atoms with E-state index in [1.165, 1.54) is 6.42 Å². The lowest BCUT2D eigenvalue weighted by atomic mass is 9.97. The number of morpholine rings is 1. The van der Waals surface area contributed by atoms with Crippen LogP contribution in [0.25, 0.3) is 0 Å². The molecule has 0 N–H and O–H groups in total. The van der Waals surface area contributed by atoms with Gasteiger partial charge in [-0.05, 0) is 30.9 Å². The van der Waals surface area contributed by atoms with Gasteiger partial charge in [0.1, 0.15) is 0 Å². The molecule has 2 heterocycles. The Labute approximate surface area is 159 Å². The van der Waals surface area contributed by atoms with Crippen LogP contribution in [0.4, 0.5) is 0 Å². The zero-order chi connectivity index (χ0) is 17.5. The fourth-order valence-electron chi connectivity index (χ4n) is 3.56. The second-order valence-corrected chi connectivity index (χ2v) is 8.33. The summed E-state index contributed by atoms with van der Waals surface area (Å²) < 4.78 is 5.42. The first-order valence-electron chi connectivity index (χ1n) is 9.17. The van der Waals surface area contributed by atoms with Crippen LogP contribution in [0.2, 0.25) is 5.02 Å². The van der Waals surface area contributed by atoms with E-state index in [2.05, 4.69) is 9.80 Å². The minimum Gasteiger partial charge on any atom is -0.379 e. The van der Waals surface area contributed by atoms with Gasteiger partial charge in [0.05, 0.1) is 18.2 Å². The first-order valence-corrected chi connectivity index (χ1v) is 10.5. The molecule has 1 atom stereocenters. The van der Waals surface area contributed by atoms with E-state index in [4.69, 9.17) is 16.3 Å². The summed E-state index contributed by atoms with van der Waals surface area (Å²) in [5.74, 6) is 1.67. The number of thioether (sulfide) groups is 1. The summed E-state index contributed by atoms with van der Waals surface area (Å²) in [7, 11) is 0. The van der Waals surface area contributed by atoms with Gasteiger partial charge in [-0.3, -0.25) is 9.69 Å². The van der Waals surface area contributed by atoms with Crippen molar-refractivity contribution in [2.24, 2.45) is 5.92 Å². The molecule has 2 saturated heterocycles. The molecule has 3 rings (SSSR count). The van der Waals surface area contributed by atoms with Crippen molar-refractivity contribution in [3.05, 3.63) is 29.3 Å². The average molecular weight is 383 g/mol. The highest BCUT2D eigenvalue weighted by Gasteiger charge is 2.25. The number of hydrogen-bond donors (Lipinski definition) is 0. The Morgan fingerprint density at radius 2 is 2.04 bits per heavy atom. The third kappa shape index (κ3) is 5.88. The SMILES string of the molecule is O=C(CCSc1ccccc1Cl)N1CCCC(CN2CCOCC2)C1. The van der Waals surface area contributed by atoms with Crippen LogP contribution in [0, 0.1) is 5.92 Å². The largest absolute Gasteiger partial charge is 0.379 e. The summed E-state index contributed by atoms with van der Waals surface area (Å²) in [6, 6.07) is 7.82. The molecular formula is C19H27ClN2O2S. The molecule has 138 valence electrons. The van der Waals surface area contributed by atoms with Crippen molar-refractivity contribution in [3.63, 3.8) is 0 Å². The number of ether oxygens (including phenoxy) is 1. The second-order valence-electron chi connectivity index (χ2n) is 6.79. The number of likely N-dealkylation sites (tertiary alicyclic amines) is 1. The van der Waals surface area contributed by atoms with Gasteiger partial charge >= 0.3 is 0 Å². The molecule has 0 saturated carbocycles. The molecule has 1 amide bonds. The van der Waals surface area contributed by atoms with Crippen molar-refractivity contribution in [2.45, 2.75) is 24.2 Å². The molecule has 1 aromatic rings. The maximum atomic E-state index is 12.6. The van der Waals surface area contributed by atoms with Gasteiger partial charge in [0, 0.05) is 49.8 Å². The number of nitrogens with zero attached hydrogens (tertiary/aromatic N) is 2. The van der Waals surface area contributed by atoms with E-state index in [1.54, 1.807) is 11.8 Å². The van der Waals surface area contributed by atoms with E-state index >= 15 is 0 Å². The minimum absolute atomic E-state index is 0.284. The van der Waals surface area contributed by atoms with Gasteiger partial charge < -0.3 is 9.64 Å². The van der Waals surface area contributed by atoms with Gasteiger partial charge in [-0.15, -0.1) is 11.8 Å². The van der Waals surface area contributed by atoms with Gasteiger partial charge in [-0.2, -0.15) is 0 Å². The Kier molecular flexibility index (Phi) is 7.47. The van der Waals surface area contributed by atoms with Crippen LogP contribution < -0.4 is 0 Å². The summed E-state index contributed by atoms with van der Waals surface area (Å²) in [5, 5.41) is 0.767. The first-order chi connectivity index (χ1) is 12.2.